The van der Waals surface area contributed by atoms with Crippen LogP contribution >= 0.6 is 0 Å². The van der Waals surface area contributed by atoms with E-state index in [1.54, 1.807) is 31.2 Å². The fourth-order valence-corrected chi connectivity index (χ4v) is 2.42. The number of nitrogens with one attached hydrogen (secondary N) is 2. The molecule has 0 saturated carbocycles. The predicted octanol–water partition coefficient (Wildman–Crippen LogP) is 3.48. The van der Waals surface area contributed by atoms with E-state index in [1.165, 1.54) is 6.92 Å². The first kappa shape index (κ1) is 18.6. The minimum atomic E-state index is -0.623. The third kappa shape index (κ3) is 5.11. The molecular formula is C19H20F2N2O2. The summed E-state index contributed by atoms with van der Waals surface area (Å²) >= 11 is 0. The molecule has 2 rings (SSSR count). The highest BCUT2D eigenvalue weighted by Gasteiger charge is 2.18. The van der Waals surface area contributed by atoms with Crippen LogP contribution in [0.25, 0.3) is 0 Å². The average molecular weight is 346 g/mol. The van der Waals surface area contributed by atoms with E-state index in [2.05, 4.69) is 10.6 Å². The van der Waals surface area contributed by atoms with Crippen LogP contribution in [-0.2, 0) is 11.3 Å². The molecule has 2 N–H and O–H groups in total. The Morgan fingerprint density at radius 1 is 1.08 bits per heavy atom. The Hall–Kier alpha value is -2.76. The highest BCUT2D eigenvalue weighted by molar-refractivity contribution is 5.94. The Morgan fingerprint density at radius 2 is 1.76 bits per heavy atom. The molecule has 2 aromatic rings. The number of carbonyl (C=O) groups excluding carboxylic acids is 2. The lowest BCUT2D eigenvalue weighted by atomic mass is 10.0. The third-order valence-corrected chi connectivity index (χ3v) is 3.80. The van der Waals surface area contributed by atoms with Crippen molar-refractivity contribution in [2.45, 2.75) is 32.9 Å². The summed E-state index contributed by atoms with van der Waals surface area (Å²) in [6.45, 7) is 3.59. The maximum absolute atomic E-state index is 13.9. The van der Waals surface area contributed by atoms with Gasteiger partial charge in [0.15, 0.2) is 0 Å². The van der Waals surface area contributed by atoms with Crippen molar-refractivity contribution in [2.24, 2.45) is 0 Å². The van der Waals surface area contributed by atoms with Crippen molar-refractivity contribution in [3.8, 4) is 0 Å². The van der Waals surface area contributed by atoms with Gasteiger partial charge in [-0.15, -0.1) is 0 Å². The highest BCUT2D eigenvalue weighted by Crippen LogP contribution is 2.21. The first-order valence-corrected chi connectivity index (χ1v) is 8.00. The SMILES string of the molecule is CCC(NC(=O)c1ccc(CNC(C)=O)cc1)c1cc(F)ccc1F. The molecule has 25 heavy (non-hydrogen) atoms. The largest absolute Gasteiger partial charge is 0.352 e. The van der Waals surface area contributed by atoms with E-state index in [0.717, 1.165) is 23.8 Å². The molecule has 0 saturated heterocycles. The average Bonchev–Trinajstić information content (AvgIpc) is 2.60. The summed E-state index contributed by atoms with van der Waals surface area (Å²) in [5.74, 6) is -1.61. The Kier molecular flexibility index (Phi) is 6.22. The van der Waals surface area contributed by atoms with Crippen molar-refractivity contribution in [1.82, 2.24) is 10.6 Å². The van der Waals surface area contributed by atoms with Crippen molar-refractivity contribution in [1.29, 1.82) is 0 Å². The summed E-state index contributed by atoms with van der Waals surface area (Å²) in [6.07, 6.45) is 0.423. The van der Waals surface area contributed by atoms with Gasteiger partial charge in [0, 0.05) is 24.6 Å². The van der Waals surface area contributed by atoms with Crippen molar-refractivity contribution in [3.05, 3.63) is 70.8 Å². The molecule has 1 unspecified atom stereocenters. The monoisotopic (exact) mass is 346 g/mol. The van der Waals surface area contributed by atoms with E-state index < -0.39 is 17.7 Å². The van der Waals surface area contributed by atoms with Crippen LogP contribution in [-0.4, -0.2) is 11.8 Å². The van der Waals surface area contributed by atoms with E-state index in [-0.39, 0.29) is 17.4 Å². The molecule has 0 radical (unpaired) electrons. The lowest BCUT2D eigenvalue weighted by Gasteiger charge is -2.18. The van der Waals surface area contributed by atoms with Crippen LogP contribution in [0.5, 0.6) is 0 Å². The first-order chi connectivity index (χ1) is 11.9. The maximum Gasteiger partial charge on any atom is 0.251 e. The Labute approximate surface area is 145 Å². The molecule has 2 amide bonds. The number of carbonyl (C=O) groups is 2. The number of rotatable bonds is 6. The molecule has 0 aliphatic rings. The van der Waals surface area contributed by atoms with Crippen LogP contribution in [0.1, 0.15) is 47.8 Å². The van der Waals surface area contributed by atoms with Gasteiger partial charge in [0.05, 0.1) is 6.04 Å². The number of hydrogen-bond acceptors (Lipinski definition) is 2. The summed E-state index contributed by atoms with van der Waals surface area (Å²) in [5.41, 5.74) is 1.38. The minimum Gasteiger partial charge on any atom is -0.352 e. The molecule has 4 nitrogen and oxygen atoms in total. The van der Waals surface area contributed by atoms with Crippen molar-refractivity contribution in [3.63, 3.8) is 0 Å². The van der Waals surface area contributed by atoms with Gasteiger partial charge in [0.2, 0.25) is 5.91 Å². The van der Waals surface area contributed by atoms with Gasteiger partial charge >= 0.3 is 0 Å². The van der Waals surface area contributed by atoms with Gasteiger partial charge in [-0.2, -0.15) is 0 Å². The van der Waals surface area contributed by atoms with Gasteiger partial charge in [0.1, 0.15) is 11.6 Å². The molecule has 0 fully saturated rings. The second-order valence-electron chi connectivity index (χ2n) is 5.71. The van der Waals surface area contributed by atoms with Crippen LogP contribution in [0.2, 0.25) is 0 Å². The van der Waals surface area contributed by atoms with E-state index in [1.807, 2.05) is 0 Å². The van der Waals surface area contributed by atoms with Crippen LogP contribution < -0.4 is 10.6 Å². The molecule has 1 atom stereocenters. The summed E-state index contributed by atoms with van der Waals surface area (Å²) in [7, 11) is 0. The second-order valence-corrected chi connectivity index (χ2v) is 5.71. The van der Waals surface area contributed by atoms with Crippen LogP contribution in [0.15, 0.2) is 42.5 Å². The molecule has 6 heteroatoms. The highest BCUT2D eigenvalue weighted by atomic mass is 19.1. The fourth-order valence-electron chi connectivity index (χ4n) is 2.42. The Balaban J connectivity index is 2.09. The lowest BCUT2D eigenvalue weighted by Crippen LogP contribution is -2.29. The molecule has 0 aliphatic heterocycles. The van der Waals surface area contributed by atoms with Crippen LogP contribution in [0, 0.1) is 11.6 Å². The van der Waals surface area contributed by atoms with Crippen LogP contribution in [0.3, 0.4) is 0 Å². The van der Waals surface area contributed by atoms with Gasteiger partial charge in [-0.1, -0.05) is 19.1 Å². The Bertz CT molecular complexity index is 761. The molecule has 0 spiro atoms. The maximum atomic E-state index is 13.9. The van der Waals surface area contributed by atoms with E-state index in [9.17, 15) is 18.4 Å². The van der Waals surface area contributed by atoms with Gasteiger partial charge in [-0.05, 0) is 42.3 Å². The van der Waals surface area contributed by atoms with Crippen molar-refractivity contribution < 1.29 is 18.4 Å². The number of hydrogen-bond donors (Lipinski definition) is 2. The summed E-state index contributed by atoms with van der Waals surface area (Å²) in [4.78, 5) is 23.3. The van der Waals surface area contributed by atoms with E-state index in [0.29, 0.717) is 18.5 Å². The Morgan fingerprint density at radius 3 is 2.36 bits per heavy atom. The third-order valence-electron chi connectivity index (χ3n) is 3.80. The molecule has 2 aromatic carbocycles. The van der Waals surface area contributed by atoms with Gasteiger partial charge in [-0.3, -0.25) is 9.59 Å². The number of benzene rings is 2. The molecule has 0 aliphatic carbocycles. The van der Waals surface area contributed by atoms with Gasteiger partial charge in [-0.25, -0.2) is 8.78 Å². The molecule has 132 valence electrons. The normalized spacial score (nSPS) is 11.7. The van der Waals surface area contributed by atoms with E-state index in [4.69, 9.17) is 0 Å². The number of amides is 2. The van der Waals surface area contributed by atoms with Gasteiger partial charge < -0.3 is 10.6 Å². The van der Waals surface area contributed by atoms with Gasteiger partial charge in [0.25, 0.3) is 5.91 Å². The molecular weight excluding hydrogens is 326 g/mol. The zero-order chi connectivity index (χ0) is 18.4. The number of halogens is 2. The molecule has 0 bridgehead atoms. The lowest BCUT2D eigenvalue weighted by molar-refractivity contribution is -0.119. The summed E-state index contributed by atoms with van der Waals surface area (Å²) in [6, 6.07) is 9.28. The molecule has 0 aromatic heterocycles. The zero-order valence-electron chi connectivity index (χ0n) is 14.1. The van der Waals surface area contributed by atoms with Crippen molar-refractivity contribution in [2.75, 3.05) is 0 Å². The first-order valence-electron chi connectivity index (χ1n) is 8.00. The zero-order valence-corrected chi connectivity index (χ0v) is 14.1. The summed E-state index contributed by atoms with van der Waals surface area (Å²) in [5, 5.41) is 5.39. The quantitative estimate of drug-likeness (QED) is 0.841. The fraction of sp³-hybridized carbons (Fsp3) is 0.263. The summed E-state index contributed by atoms with van der Waals surface area (Å²) < 4.78 is 27.3. The van der Waals surface area contributed by atoms with E-state index >= 15 is 0 Å². The predicted molar refractivity (Wildman–Crippen MR) is 90.8 cm³/mol. The smallest absolute Gasteiger partial charge is 0.251 e. The molecule has 0 heterocycles. The second kappa shape index (κ2) is 8.37. The standard InChI is InChI=1S/C19H20F2N2O2/c1-3-18(16-10-15(20)8-9-17(16)21)23-19(25)14-6-4-13(5-7-14)11-22-12(2)24/h4-10,18H,3,11H2,1-2H3,(H,22,24)(H,23,25). The van der Waals surface area contributed by atoms with Crippen LogP contribution in [0.4, 0.5) is 8.78 Å². The minimum absolute atomic E-state index is 0.123. The van der Waals surface area contributed by atoms with Crippen molar-refractivity contribution >= 4 is 11.8 Å². The topological polar surface area (TPSA) is 58.2 Å².